The number of hydrogen-bond donors (Lipinski definition) is 1. The predicted molar refractivity (Wildman–Crippen MR) is 118 cm³/mol. The number of alkyl halides is 2. The van der Waals surface area contributed by atoms with E-state index in [0.717, 1.165) is 49.7 Å². The van der Waals surface area contributed by atoms with Crippen LogP contribution in [0.4, 0.5) is 8.78 Å². The number of rotatable bonds is 6. The highest BCUT2D eigenvalue weighted by Gasteiger charge is 2.36. The van der Waals surface area contributed by atoms with E-state index < -0.39 is 6.55 Å². The highest BCUT2D eigenvalue weighted by Crippen LogP contribution is 2.31. The lowest BCUT2D eigenvalue weighted by atomic mass is 9.83. The first-order valence-corrected chi connectivity index (χ1v) is 11.3. The van der Waals surface area contributed by atoms with Crippen molar-refractivity contribution < 1.29 is 8.78 Å². The van der Waals surface area contributed by atoms with E-state index in [4.69, 9.17) is 0 Å². The van der Waals surface area contributed by atoms with Crippen LogP contribution < -0.4 is 5.32 Å². The molecule has 6 nitrogen and oxygen atoms in total. The highest BCUT2D eigenvalue weighted by molar-refractivity contribution is 5.80. The molecule has 2 aliphatic heterocycles. The number of aliphatic imine (C=N–C) groups is 1. The van der Waals surface area contributed by atoms with Crippen molar-refractivity contribution in [2.75, 3.05) is 26.2 Å². The van der Waals surface area contributed by atoms with Crippen LogP contribution in [0.2, 0.25) is 0 Å². The highest BCUT2D eigenvalue weighted by atomic mass is 19.3. The molecule has 168 valence electrons. The number of piperidine rings is 2. The summed E-state index contributed by atoms with van der Waals surface area (Å²) < 4.78 is 27.1. The van der Waals surface area contributed by atoms with Crippen molar-refractivity contribution in [2.24, 2.45) is 10.9 Å². The summed E-state index contributed by atoms with van der Waals surface area (Å²) in [4.78, 5) is 13.6. The molecule has 2 atom stereocenters. The van der Waals surface area contributed by atoms with Crippen molar-refractivity contribution in [3.8, 4) is 0 Å². The van der Waals surface area contributed by atoms with E-state index in [9.17, 15) is 8.78 Å². The average molecular weight is 431 g/mol. The molecule has 2 fully saturated rings. The topological polar surface area (TPSA) is 48.7 Å². The molecule has 1 aromatic heterocycles. The maximum absolute atomic E-state index is 13.1. The van der Waals surface area contributed by atoms with Gasteiger partial charge >= 0.3 is 6.55 Å². The van der Waals surface area contributed by atoms with Gasteiger partial charge in [0.05, 0.1) is 0 Å². The van der Waals surface area contributed by atoms with Gasteiger partial charge in [-0.15, -0.1) is 0 Å². The molecular formula is C23H32F2N6. The average Bonchev–Trinajstić information content (AvgIpc) is 3.26. The zero-order valence-electron chi connectivity index (χ0n) is 18.1. The number of imidazole rings is 1. The van der Waals surface area contributed by atoms with Crippen LogP contribution in [0, 0.1) is 5.92 Å². The number of hydrogen-bond acceptors (Lipinski definition) is 3. The van der Waals surface area contributed by atoms with Crippen LogP contribution in [0.25, 0.3) is 0 Å². The van der Waals surface area contributed by atoms with Gasteiger partial charge in [-0.3, -0.25) is 9.47 Å². The van der Waals surface area contributed by atoms with Crippen LogP contribution in [0.15, 0.2) is 47.7 Å². The lowest BCUT2D eigenvalue weighted by Crippen LogP contribution is -2.56. The minimum absolute atomic E-state index is 0.143. The zero-order valence-corrected chi connectivity index (χ0v) is 18.1. The molecule has 31 heavy (non-hydrogen) atoms. The first kappa shape index (κ1) is 21.7. The summed E-state index contributed by atoms with van der Waals surface area (Å²) in [6, 6.07) is 11.3. The standard InChI is InChI=1S/C23H32F2N6/c1-2-26-23(28-15-21-27-11-14-31(21)22(24)25)30-13-10-20-19(17-30)9-6-12-29(20)16-18-7-4-3-5-8-18/h3-5,7-8,11,14,19-20,22H,2,6,9-10,12-13,15-17H2,1H3,(H,26,28). The number of nitrogens with one attached hydrogen (secondary N) is 1. The van der Waals surface area contributed by atoms with E-state index in [2.05, 4.69) is 55.4 Å². The molecule has 0 amide bonds. The fourth-order valence-corrected chi connectivity index (χ4v) is 4.93. The van der Waals surface area contributed by atoms with Crippen molar-refractivity contribution in [1.82, 2.24) is 24.7 Å². The molecule has 2 aliphatic rings. The fraction of sp³-hybridized carbons (Fsp3) is 0.565. The molecular weight excluding hydrogens is 398 g/mol. The molecule has 8 heteroatoms. The lowest BCUT2D eigenvalue weighted by Gasteiger charge is -2.48. The number of benzene rings is 1. The van der Waals surface area contributed by atoms with E-state index in [1.165, 1.54) is 30.8 Å². The van der Waals surface area contributed by atoms with Crippen molar-refractivity contribution >= 4 is 5.96 Å². The van der Waals surface area contributed by atoms with Gasteiger partial charge in [-0.1, -0.05) is 30.3 Å². The Morgan fingerprint density at radius 1 is 1.23 bits per heavy atom. The minimum Gasteiger partial charge on any atom is -0.357 e. The Bertz CT molecular complexity index is 853. The van der Waals surface area contributed by atoms with Gasteiger partial charge in [-0.2, -0.15) is 8.78 Å². The van der Waals surface area contributed by atoms with Gasteiger partial charge in [0.1, 0.15) is 12.4 Å². The number of halogens is 2. The number of likely N-dealkylation sites (tertiary alicyclic amines) is 2. The summed E-state index contributed by atoms with van der Waals surface area (Å²) >= 11 is 0. The summed E-state index contributed by atoms with van der Waals surface area (Å²) in [5.41, 5.74) is 1.37. The molecule has 2 saturated heterocycles. The van der Waals surface area contributed by atoms with Gasteiger partial charge in [0.15, 0.2) is 5.96 Å². The molecule has 0 radical (unpaired) electrons. The monoisotopic (exact) mass is 430 g/mol. The van der Waals surface area contributed by atoms with E-state index in [1.54, 1.807) is 0 Å². The molecule has 4 rings (SSSR count). The zero-order chi connectivity index (χ0) is 21.6. The van der Waals surface area contributed by atoms with Crippen LogP contribution in [-0.4, -0.2) is 57.5 Å². The Kier molecular flexibility index (Phi) is 7.17. The molecule has 0 saturated carbocycles. The third-order valence-corrected chi connectivity index (χ3v) is 6.38. The molecule has 0 aliphatic carbocycles. The van der Waals surface area contributed by atoms with Gasteiger partial charge in [-0.25, -0.2) is 9.98 Å². The van der Waals surface area contributed by atoms with Gasteiger partial charge in [0.25, 0.3) is 0 Å². The first-order valence-electron chi connectivity index (χ1n) is 11.3. The molecule has 1 N–H and O–H groups in total. The normalized spacial score (nSPS) is 22.6. The number of guanidine groups is 1. The first-order chi connectivity index (χ1) is 15.2. The number of fused-ring (bicyclic) bond motifs is 1. The largest absolute Gasteiger partial charge is 0.357 e. The molecule has 2 aromatic rings. The lowest BCUT2D eigenvalue weighted by molar-refractivity contribution is 0.0372. The Morgan fingerprint density at radius 3 is 2.84 bits per heavy atom. The van der Waals surface area contributed by atoms with Gasteiger partial charge in [-0.05, 0) is 44.2 Å². The summed E-state index contributed by atoms with van der Waals surface area (Å²) in [5, 5.41) is 3.35. The minimum atomic E-state index is -2.59. The Labute approximate surface area is 183 Å². The van der Waals surface area contributed by atoms with Gasteiger partial charge in [0.2, 0.25) is 0 Å². The van der Waals surface area contributed by atoms with E-state index >= 15 is 0 Å². The van der Waals surface area contributed by atoms with Crippen molar-refractivity contribution in [3.63, 3.8) is 0 Å². The molecule has 2 unspecified atom stereocenters. The van der Waals surface area contributed by atoms with Crippen LogP contribution in [-0.2, 0) is 13.1 Å². The fourth-order valence-electron chi connectivity index (χ4n) is 4.93. The van der Waals surface area contributed by atoms with E-state index in [-0.39, 0.29) is 12.4 Å². The second-order valence-electron chi connectivity index (χ2n) is 8.36. The summed E-state index contributed by atoms with van der Waals surface area (Å²) in [6.07, 6.45) is 6.23. The van der Waals surface area contributed by atoms with Crippen LogP contribution in [0.1, 0.15) is 44.1 Å². The number of aromatic nitrogens is 2. The quantitative estimate of drug-likeness (QED) is 0.561. The molecule has 0 bridgehead atoms. The Hall–Kier alpha value is -2.48. The van der Waals surface area contributed by atoms with Crippen molar-refractivity contribution in [3.05, 3.63) is 54.1 Å². The molecule has 1 aromatic carbocycles. The predicted octanol–water partition coefficient (Wildman–Crippen LogP) is 3.73. The second-order valence-corrected chi connectivity index (χ2v) is 8.36. The third-order valence-electron chi connectivity index (χ3n) is 6.38. The Balaban J connectivity index is 1.42. The summed E-state index contributed by atoms with van der Waals surface area (Å²) in [5.74, 6) is 1.68. The van der Waals surface area contributed by atoms with Gasteiger partial charge in [0, 0.05) is 44.6 Å². The number of nitrogens with zero attached hydrogens (tertiary/aromatic N) is 5. The molecule has 3 heterocycles. The smallest absolute Gasteiger partial charge is 0.319 e. The van der Waals surface area contributed by atoms with Gasteiger partial charge < -0.3 is 10.2 Å². The van der Waals surface area contributed by atoms with Crippen molar-refractivity contribution in [1.29, 1.82) is 0 Å². The molecule has 0 spiro atoms. The third kappa shape index (κ3) is 5.23. The van der Waals surface area contributed by atoms with Crippen molar-refractivity contribution in [2.45, 2.75) is 51.9 Å². The maximum Gasteiger partial charge on any atom is 0.319 e. The summed E-state index contributed by atoms with van der Waals surface area (Å²) in [7, 11) is 0. The maximum atomic E-state index is 13.1. The van der Waals surface area contributed by atoms with E-state index in [1.807, 2.05) is 6.92 Å². The SMILES string of the molecule is CCNC(=NCc1nccn1C(F)F)N1CCC2C(CCCN2Cc2ccccc2)C1. The van der Waals surface area contributed by atoms with E-state index in [0.29, 0.717) is 12.0 Å². The van der Waals surface area contributed by atoms with Crippen LogP contribution in [0.5, 0.6) is 0 Å². The Morgan fingerprint density at radius 2 is 2.06 bits per heavy atom. The van der Waals surface area contributed by atoms with Crippen LogP contribution in [0.3, 0.4) is 0 Å². The summed E-state index contributed by atoms with van der Waals surface area (Å²) in [6.45, 7) is 4.35. The van der Waals surface area contributed by atoms with Crippen LogP contribution >= 0.6 is 0 Å². The second kappa shape index (κ2) is 10.2.